The predicted octanol–water partition coefficient (Wildman–Crippen LogP) is 2.26. The Morgan fingerprint density at radius 1 is 0.917 bits per heavy atom. The second-order valence-corrected chi connectivity index (χ2v) is 10.7. The molecule has 1 fully saturated rings. The number of benzene rings is 2. The van der Waals surface area contributed by atoms with Crippen LogP contribution in [-0.4, -0.2) is 101 Å². The molecule has 0 saturated carbocycles. The van der Waals surface area contributed by atoms with Gasteiger partial charge in [-0.25, -0.2) is 14.8 Å². The molecular formula is C34H40N6O8. The summed E-state index contributed by atoms with van der Waals surface area (Å²) >= 11 is 0. The Morgan fingerprint density at radius 2 is 1.50 bits per heavy atom. The number of morpholine rings is 1. The van der Waals surface area contributed by atoms with E-state index in [9.17, 15) is 19.6 Å². The zero-order valence-corrected chi connectivity index (χ0v) is 27.1. The Bertz CT molecular complexity index is 1520. The highest BCUT2D eigenvalue weighted by Crippen LogP contribution is 2.25. The third-order valence-electron chi connectivity index (χ3n) is 7.35. The first-order valence-electron chi connectivity index (χ1n) is 15.5. The number of nitrogens with zero attached hydrogens (tertiary/aromatic N) is 5. The molecule has 1 N–H and O–H groups in total. The van der Waals surface area contributed by atoms with Gasteiger partial charge < -0.3 is 38.8 Å². The van der Waals surface area contributed by atoms with Crippen LogP contribution in [-0.2, 0) is 46.5 Å². The fourth-order valence-electron chi connectivity index (χ4n) is 4.80. The molecule has 4 rings (SSSR count). The van der Waals surface area contributed by atoms with E-state index in [1.807, 2.05) is 24.3 Å². The topological polar surface area (TPSA) is 165 Å². The summed E-state index contributed by atoms with van der Waals surface area (Å²) in [7, 11) is 3.10. The average molecular weight is 661 g/mol. The summed E-state index contributed by atoms with van der Waals surface area (Å²) in [6.07, 6.45) is -0.497. The number of nitriles is 1. The molecule has 2 aromatic carbocycles. The molecular weight excluding hydrogens is 620 g/mol. The fraction of sp³-hybridized carbons (Fsp3) is 0.412. The third kappa shape index (κ3) is 10.5. The SMILES string of the molecule is COCCN(CCOC)c1nc(C(=O)NC(CC(=O)OCc2ccccc2)C(=O)OCc2ccccc2)c(N2CCOCC2)nc1C#N. The summed E-state index contributed by atoms with van der Waals surface area (Å²) in [5.41, 5.74) is 1.36. The highest BCUT2D eigenvalue weighted by molar-refractivity contribution is 6.00. The summed E-state index contributed by atoms with van der Waals surface area (Å²) < 4.78 is 26.9. The summed E-state index contributed by atoms with van der Waals surface area (Å²) in [6.45, 7) is 2.75. The number of anilines is 2. The number of rotatable bonds is 17. The lowest BCUT2D eigenvalue weighted by atomic mass is 10.2. The Hall–Kier alpha value is -5.10. The first kappa shape index (κ1) is 35.7. The molecule has 3 aromatic rings. The predicted molar refractivity (Wildman–Crippen MR) is 174 cm³/mol. The van der Waals surface area contributed by atoms with E-state index in [1.54, 1.807) is 60.4 Å². The molecule has 14 heteroatoms. The van der Waals surface area contributed by atoms with Crippen LogP contribution in [0.3, 0.4) is 0 Å². The number of nitrogens with one attached hydrogen (secondary N) is 1. The molecule has 0 bridgehead atoms. The molecule has 1 aromatic heterocycles. The smallest absolute Gasteiger partial charge is 0.329 e. The van der Waals surface area contributed by atoms with Gasteiger partial charge in [0.25, 0.3) is 5.91 Å². The maximum absolute atomic E-state index is 14.1. The molecule has 254 valence electrons. The van der Waals surface area contributed by atoms with E-state index < -0.39 is 30.3 Å². The second kappa shape index (κ2) is 18.9. The highest BCUT2D eigenvalue weighted by atomic mass is 16.5. The van der Waals surface area contributed by atoms with E-state index in [4.69, 9.17) is 23.7 Å². The maximum atomic E-state index is 14.1. The number of carbonyl (C=O) groups is 3. The first-order valence-corrected chi connectivity index (χ1v) is 15.5. The lowest BCUT2D eigenvalue weighted by molar-refractivity contribution is -0.153. The van der Waals surface area contributed by atoms with Crippen LogP contribution in [0.1, 0.15) is 33.7 Å². The number of methoxy groups -OCH3 is 2. The van der Waals surface area contributed by atoms with Crippen LogP contribution in [0.2, 0.25) is 0 Å². The molecule has 14 nitrogen and oxygen atoms in total. The van der Waals surface area contributed by atoms with E-state index in [-0.39, 0.29) is 36.2 Å². The number of hydrogen-bond donors (Lipinski definition) is 1. The minimum Gasteiger partial charge on any atom is -0.461 e. The standard InChI is InChI=1S/C34H40N6O8/c1-44-17-13-39(14-18-45-2)31-28(22-35)36-32(40-15-19-46-20-16-40)30(38-31)33(42)37-27(34(43)48-24-26-11-7-4-8-12-26)21-29(41)47-23-25-9-5-3-6-10-25/h3-12,27H,13-21,23-24H2,1-2H3,(H,37,42). The van der Waals surface area contributed by atoms with Crippen LogP contribution in [0.4, 0.5) is 11.6 Å². The molecule has 1 unspecified atom stereocenters. The normalized spacial score (nSPS) is 13.2. The Labute approximate surface area is 279 Å². The highest BCUT2D eigenvalue weighted by Gasteiger charge is 2.32. The fourth-order valence-corrected chi connectivity index (χ4v) is 4.80. The van der Waals surface area contributed by atoms with Gasteiger partial charge in [-0.05, 0) is 11.1 Å². The minimum absolute atomic E-state index is 0.00329. The van der Waals surface area contributed by atoms with Gasteiger partial charge in [0.15, 0.2) is 23.0 Å². The zero-order valence-electron chi connectivity index (χ0n) is 27.1. The maximum Gasteiger partial charge on any atom is 0.329 e. The molecule has 1 aliphatic heterocycles. The van der Waals surface area contributed by atoms with Gasteiger partial charge in [0.05, 0.1) is 32.8 Å². The second-order valence-electron chi connectivity index (χ2n) is 10.7. The van der Waals surface area contributed by atoms with Crippen molar-refractivity contribution in [2.24, 2.45) is 0 Å². The summed E-state index contributed by atoms with van der Waals surface area (Å²) in [5, 5.41) is 12.7. The van der Waals surface area contributed by atoms with E-state index in [2.05, 4.69) is 21.4 Å². The van der Waals surface area contributed by atoms with Crippen molar-refractivity contribution in [1.29, 1.82) is 5.26 Å². The van der Waals surface area contributed by atoms with Crippen molar-refractivity contribution in [2.45, 2.75) is 25.7 Å². The van der Waals surface area contributed by atoms with Gasteiger partial charge in [0.1, 0.15) is 25.3 Å². The molecule has 1 amide bonds. The van der Waals surface area contributed by atoms with Gasteiger partial charge >= 0.3 is 11.9 Å². The van der Waals surface area contributed by atoms with Crippen LogP contribution in [0.5, 0.6) is 0 Å². The van der Waals surface area contributed by atoms with Crippen LogP contribution < -0.4 is 15.1 Å². The quantitative estimate of drug-likeness (QED) is 0.210. The molecule has 0 radical (unpaired) electrons. The van der Waals surface area contributed by atoms with Gasteiger partial charge in [-0.1, -0.05) is 60.7 Å². The van der Waals surface area contributed by atoms with E-state index in [1.165, 1.54) is 0 Å². The minimum atomic E-state index is -1.42. The lowest BCUT2D eigenvalue weighted by Gasteiger charge is -2.30. The third-order valence-corrected chi connectivity index (χ3v) is 7.35. The van der Waals surface area contributed by atoms with Gasteiger partial charge in [-0.2, -0.15) is 5.26 Å². The molecule has 1 saturated heterocycles. The van der Waals surface area contributed by atoms with E-state index in [0.717, 1.165) is 11.1 Å². The number of aromatic nitrogens is 2. The Kier molecular flexibility index (Phi) is 14.1. The van der Waals surface area contributed by atoms with Crippen molar-refractivity contribution in [2.75, 3.05) is 76.6 Å². The number of esters is 2. The van der Waals surface area contributed by atoms with Gasteiger partial charge in [-0.3, -0.25) is 9.59 Å². The van der Waals surface area contributed by atoms with Crippen molar-refractivity contribution in [1.82, 2.24) is 15.3 Å². The van der Waals surface area contributed by atoms with Crippen molar-refractivity contribution < 1.29 is 38.1 Å². The molecule has 48 heavy (non-hydrogen) atoms. The van der Waals surface area contributed by atoms with Crippen LogP contribution >= 0.6 is 0 Å². The van der Waals surface area contributed by atoms with Crippen molar-refractivity contribution in [3.05, 3.63) is 83.2 Å². The van der Waals surface area contributed by atoms with Gasteiger partial charge in [-0.15, -0.1) is 0 Å². The molecule has 1 atom stereocenters. The molecule has 0 aliphatic carbocycles. The van der Waals surface area contributed by atoms with Gasteiger partial charge in [0, 0.05) is 40.4 Å². The van der Waals surface area contributed by atoms with Crippen LogP contribution in [0, 0.1) is 11.3 Å². The number of ether oxygens (including phenoxy) is 5. The Morgan fingerprint density at radius 3 is 2.06 bits per heavy atom. The lowest BCUT2D eigenvalue weighted by Crippen LogP contribution is -2.45. The summed E-state index contributed by atoms with van der Waals surface area (Å²) in [5.74, 6) is -2.03. The zero-order chi connectivity index (χ0) is 34.1. The van der Waals surface area contributed by atoms with Crippen LogP contribution in [0.25, 0.3) is 0 Å². The molecule has 0 spiro atoms. The molecule has 2 heterocycles. The van der Waals surface area contributed by atoms with Gasteiger partial charge in [0.2, 0.25) is 0 Å². The number of hydrogen-bond acceptors (Lipinski definition) is 13. The monoisotopic (exact) mass is 660 g/mol. The van der Waals surface area contributed by atoms with E-state index >= 15 is 0 Å². The first-order chi connectivity index (χ1) is 23.4. The van der Waals surface area contributed by atoms with E-state index in [0.29, 0.717) is 52.6 Å². The average Bonchev–Trinajstić information content (AvgIpc) is 3.13. The number of carbonyl (C=O) groups excluding carboxylic acids is 3. The molecule has 1 aliphatic rings. The van der Waals surface area contributed by atoms with Crippen molar-refractivity contribution in [3.63, 3.8) is 0 Å². The largest absolute Gasteiger partial charge is 0.461 e. The van der Waals surface area contributed by atoms with Crippen molar-refractivity contribution in [3.8, 4) is 6.07 Å². The van der Waals surface area contributed by atoms with Crippen molar-refractivity contribution >= 4 is 29.5 Å². The van der Waals surface area contributed by atoms with Crippen LogP contribution in [0.15, 0.2) is 60.7 Å². The number of amides is 1. The summed E-state index contributed by atoms with van der Waals surface area (Å²) in [6, 6.07) is 18.8. The summed E-state index contributed by atoms with van der Waals surface area (Å²) in [4.78, 5) is 53.2. The Balaban J connectivity index is 1.65.